The molecule has 98 valence electrons. The molecule has 0 radical (unpaired) electrons. The van der Waals surface area contributed by atoms with E-state index in [1.165, 1.54) is 0 Å². The topological polar surface area (TPSA) is 67.1 Å². The van der Waals surface area contributed by atoms with Crippen molar-refractivity contribution < 1.29 is 0 Å². The molecule has 5 heteroatoms. The van der Waals surface area contributed by atoms with Crippen molar-refractivity contribution in [3.63, 3.8) is 0 Å². The molecule has 0 aliphatic heterocycles. The largest absolute Gasteiger partial charge is 0.397 e. The van der Waals surface area contributed by atoms with Crippen LogP contribution in [0.2, 0.25) is 0 Å². The number of nitrogen functional groups attached to an aromatic ring is 1. The first-order valence-electron chi connectivity index (χ1n) is 6.11. The van der Waals surface area contributed by atoms with Crippen LogP contribution >= 0.6 is 11.8 Å². The molecule has 0 saturated heterocycles. The van der Waals surface area contributed by atoms with E-state index in [0.717, 1.165) is 21.7 Å². The lowest BCUT2D eigenvalue weighted by molar-refractivity contribution is 1.13. The second-order valence-corrected chi connectivity index (χ2v) is 5.35. The zero-order chi connectivity index (χ0) is 13.9. The molecule has 0 unspecified atom stereocenters. The molecule has 0 aliphatic carbocycles. The van der Waals surface area contributed by atoms with Gasteiger partial charge in [0.2, 0.25) is 0 Å². The minimum absolute atomic E-state index is 0.654. The smallest absolute Gasteiger partial charge is 0.102 e. The van der Waals surface area contributed by atoms with Crippen LogP contribution < -0.4 is 5.73 Å². The summed E-state index contributed by atoms with van der Waals surface area (Å²) in [6, 6.07) is 11.9. The van der Waals surface area contributed by atoms with Gasteiger partial charge in [0.25, 0.3) is 0 Å². The normalized spacial score (nSPS) is 10.6. The van der Waals surface area contributed by atoms with Crippen molar-refractivity contribution in [2.24, 2.45) is 0 Å². The van der Waals surface area contributed by atoms with Crippen LogP contribution in [0.15, 0.2) is 53.9 Å². The fourth-order valence-electron chi connectivity index (χ4n) is 2.04. The molecule has 3 heterocycles. The van der Waals surface area contributed by atoms with E-state index in [1.54, 1.807) is 18.0 Å². The number of hydrogen-bond acceptors (Lipinski definition) is 4. The number of nitrogens with two attached hydrogens (primary N) is 1. The molecule has 0 amide bonds. The van der Waals surface area contributed by atoms with Gasteiger partial charge in [0.05, 0.1) is 28.0 Å². The van der Waals surface area contributed by atoms with E-state index in [0.29, 0.717) is 11.4 Å². The van der Waals surface area contributed by atoms with Crippen molar-refractivity contribution in [1.82, 2.24) is 9.38 Å². The highest BCUT2D eigenvalue weighted by Crippen LogP contribution is 2.26. The number of thioether (sulfide) groups is 1. The highest BCUT2D eigenvalue weighted by molar-refractivity contribution is 7.98. The first-order chi connectivity index (χ1) is 9.78. The summed E-state index contributed by atoms with van der Waals surface area (Å²) in [6.07, 6.45) is 5.59. The molecule has 0 fully saturated rings. The molecule has 0 saturated carbocycles. The Hall–Kier alpha value is -2.45. The molecular formula is C15H12N4S. The molecule has 0 aromatic carbocycles. The van der Waals surface area contributed by atoms with Crippen LogP contribution in [0.25, 0.3) is 5.52 Å². The van der Waals surface area contributed by atoms with Gasteiger partial charge < -0.3 is 10.1 Å². The average Bonchev–Trinajstić information content (AvgIpc) is 2.84. The maximum Gasteiger partial charge on any atom is 0.102 e. The summed E-state index contributed by atoms with van der Waals surface area (Å²) < 4.78 is 1.98. The monoisotopic (exact) mass is 280 g/mol. The highest BCUT2D eigenvalue weighted by Gasteiger charge is 2.10. The van der Waals surface area contributed by atoms with Crippen molar-refractivity contribution in [3.05, 3.63) is 60.0 Å². The van der Waals surface area contributed by atoms with Gasteiger partial charge in [0.1, 0.15) is 6.07 Å². The first-order valence-corrected chi connectivity index (χ1v) is 7.09. The van der Waals surface area contributed by atoms with Gasteiger partial charge >= 0.3 is 0 Å². The molecule has 3 rings (SSSR count). The van der Waals surface area contributed by atoms with Crippen molar-refractivity contribution >= 4 is 23.0 Å². The minimum Gasteiger partial charge on any atom is -0.397 e. The van der Waals surface area contributed by atoms with Crippen molar-refractivity contribution in [2.75, 3.05) is 5.73 Å². The molecule has 20 heavy (non-hydrogen) atoms. The zero-order valence-corrected chi connectivity index (χ0v) is 11.5. The van der Waals surface area contributed by atoms with Crippen molar-refractivity contribution in [3.8, 4) is 6.07 Å². The van der Waals surface area contributed by atoms with E-state index in [4.69, 9.17) is 5.73 Å². The summed E-state index contributed by atoms with van der Waals surface area (Å²) in [5.74, 6) is 0.710. The fraction of sp³-hybridized carbons (Fsp3) is 0.0667. The standard InChI is InChI=1S/C15H12N4S/c16-7-13-11(9-19-6-2-1-3-14(13)19)10-20-15-5-4-12(17)8-18-15/h1-6,8-9H,10,17H2. The molecule has 0 spiro atoms. The van der Waals surface area contributed by atoms with E-state index >= 15 is 0 Å². The zero-order valence-electron chi connectivity index (χ0n) is 10.7. The maximum atomic E-state index is 9.33. The Morgan fingerprint density at radius 3 is 2.95 bits per heavy atom. The van der Waals surface area contributed by atoms with Crippen LogP contribution in [0.5, 0.6) is 0 Å². The minimum atomic E-state index is 0.654. The molecular weight excluding hydrogens is 268 g/mol. The Bertz CT molecular complexity index is 784. The Morgan fingerprint density at radius 1 is 1.30 bits per heavy atom. The summed E-state index contributed by atoms with van der Waals surface area (Å²) in [5.41, 5.74) is 8.95. The number of nitrogens with zero attached hydrogens (tertiary/aromatic N) is 3. The van der Waals surface area contributed by atoms with Gasteiger partial charge in [-0.15, -0.1) is 11.8 Å². The lowest BCUT2D eigenvalue weighted by atomic mass is 10.2. The van der Waals surface area contributed by atoms with E-state index in [2.05, 4.69) is 11.1 Å². The van der Waals surface area contributed by atoms with E-state index in [9.17, 15) is 5.26 Å². The maximum absolute atomic E-state index is 9.33. The molecule has 0 atom stereocenters. The molecule has 2 N–H and O–H groups in total. The molecule has 3 aromatic rings. The SMILES string of the molecule is N#Cc1c(CSc2ccc(N)cn2)cn2ccccc12. The van der Waals surface area contributed by atoms with Crippen LogP contribution in [0.1, 0.15) is 11.1 Å². The second kappa shape index (κ2) is 5.27. The fourth-order valence-corrected chi connectivity index (χ4v) is 2.86. The third-order valence-corrected chi connectivity index (χ3v) is 4.00. The van der Waals surface area contributed by atoms with Gasteiger partial charge in [0.15, 0.2) is 0 Å². The Labute approximate surface area is 120 Å². The number of rotatable bonds is 3. The number of fused-ring (bicyclic) bond motifs is 1. The van der Waals surface area contributed by atoms with E-state index < -0.39 is 0 Å². The number of anilines is 1. The van der Waals surface area contributed by atoms with Crippen LogP contribution in [-0.4, -0.2) is 9.38 Å². The van der Waals surface area contributed by atoms with Crippen LogP contribution in [0, 0.1) is 11.3 Å². The van der Waals surface area contributed by atoms with Crippen molar-refractivity contribution in [1.29, 1.82) is 5.26 Å². The van der Waals surface area contributed by atoms with Gasteiger partial charge in [-0.2, -0.15) is 5.26 Å². The van der Waals surface area contributed by atoms with Crippen LogP contribution in [-0.2, 0) is 5.75 Å². The quantitative estimate of drug-likeness (QED) is 0.749. The Balaban J connectivity index is 1.87. The van der Waals surface area contributed by atoms with E-state index in [1.807, 2.05) is 47.1 Å². The summed E-state index contributed by atoms with van der Waals surface area (Å²) >= 11 is 1.60. The lowest BCUT2D eigenvalue weighted by Crippen LogP contribution is -1.87. The molecule has 3 aromatic heterocycles. The number of aromatic nitrogens is 2. The second-order valence-electron chi connectivity index (χ2n) is 4.35. The highest BCUT2D eigenvalue weighted by atomic mass is 32.2. The van der Waals surface area contributed by atoms with Gasteiger partial charge in [0, 0.05) is 18.1 Å². The molecule has 4 nitrogen and oxygen atoms in total. The number of nitriles is 1. The molecule has 0 bridgehead atoms. The number of pyridine rings is 2. The third kappa shape index (κ3) is 2.33. The lowest BCUT2D eigenvalue weighted by Gasteiger charge is -2.00. The Morgan fingerprint density at radius 2 is 2.20 bits per heavy atom. The Kier molecular flexibility index (Phi) is 3.32. The third-order valence-electron chi connectivity index (χ3n) is 3.01. The van der Waals surface area contributed by atoms with Crippen molar-refractivity contribution in [2.45, 2.75) is 10.8 Å². The first kappa shape index (κ1) is 12.6. The summed E-state index contributed by atoms with van der Waals surface area (Å²) in [4.78, 5) is 4.25. The van der Waals surface area contributed by atoms with Crippen LogP contribution in [0.4, 0.5) is 5.69 Å². The van der Waals surface area contributed by atoms with Crippen LogP contribution in [0.3, 0.4) is 0 Å². The van der Waals surface area contributed by atoms with Gasteiger partial charge in [-0.1, -0.05) is 6.07 Å². The van der Waals surface area contributed by atoms with E-state index in [-0.39, 0.29) is 0 Å². The summed E-state index contributed by atoms with van der Waals surface area (Å²) in [6.45, 7) is 0. The van der Waals surface area contributed by atoms with Gasteiger partial charge in [-0.05, 0) is 29.8 Å². The average molecular weight is 280 g/mol. The molecule has 0 aliphatic rings. The van der Waals surface area contributed by atoms with Gasteiger partial charge in [-0.25, -0.2) is 4.98 Å². The number of hydrogen-bond donors (Lipinski definition) is 1. The predicted molar refractivity (Wildman–Crippen MR) is 80.3 cm³/mol. The predicted octanol–water partition coefficient (Wildman–Crippen LogP) is 3.08. The summed E-state index contributed by atoms with van der Waals surface area (Å²) in [7, 11) is 0. The van der Waals surface area contributed by atoms with Gasteiger partial charge in [-0.3, -0.25) is 0 Å². The summed E-state index contributed by atoms with van der Waals surface area (Å²) in [5, 5.41) is 10.2.